The lowest BCUT2D eigenvalue weighted by molar-refractivity contribution is 0.596. The molecule has 4 nitrogen and oxygen atoms in total. The van der Waals surface area contributed by atoms with E-state index in [9.17, 15) is 8.42 Å². The molecule has 0 aliphatic rings. The third-order valence-electron chi connectivity index (χ3n) is 2.24. The van der Waals surface area contributed by atoms with Crippen LogP contribution >= 0.6 is 0 Å². The van der Waals surface area contributed by atoms with Crippen LogP contribution in [-0.4, -0.2) is 8.42 Å². The molecule has 0 spiro atoms. The zero-order valence-corrected chi connectivity index (χ0v) is 9.66. The van der Waals surface area contributed by atoms with Crippen molar-refractivity contribution in [2.45, 2.75) is 9.79 Å². The van der Waals surface area contributed by atoms with Gasteiger partial charge in [0, 0.05) is 11.4 Å². The molecule has 17 heavy (non-hydrogen) atoms. The number of nitrogens with two attached hydrogens (primary N) is 2. The monoisotopic (exact) mass is 250 g/mol. The van der Waals surface area contributed by atoms with Gasteiger partial charge in [-0.1, -0.05) is 0 Å². The van der Waals surface area contributed by atoms with Crippen LogP contribution in [0.3, 0.4) is 0 Å². The van der Waals surface area contributed by atoms with E-state index in [0.717, 1.165) is 12.1 Å². The summed E-state index contributed by atoms with van der Waals surface area (Å²) >= 11 is 0. The van der Waals surface area contributed by atoms with Crippen LogP contribution in [0.15, 0.2) is 58.3 Å². The standard InChI is InChI=1S/C12H12N2O2S/c13-9-1-5-11(6-2-9)17(15,16)12-7-3-10(14)4-8-12/h1-8H,13-14H2/i1D,2D. The summed E-state index contributed by atoms with van der Waals surface area (Å²) in [6.45, 7) is 0. The fourth-order valence-electron chi connectivity index (χ4n) is 1.32. The van der Waals surface area contributed by atoms with Crippen LogP contribution in [0, 0.1) is 0 Å². The summed E-state index contributed by atoms with van der Waals surface area (Å²) in [5.41, 5.74) is 11.4. The topological polar surface area (TPSA) is 86.2 Å². The highest BCUT2D eigenvalue weighted by Gasteiger charge is 2.16. The maximum absolute atomic E-state index is 12.3. The molecular weight excluding hydrogens is 236 g/mol. The lowest BCUT2D eigenvalue weighted by Crippen LogP contribution is -2.02. The Morgan fingerprint density at radius 3 is 1.82 bits per heavy atom. The second kappa shape index (κ2) is 4.10. The minimum Gasteiger partial charge on any atom is -0.399 e. The third kappa shape index (κ3) is 2.24. The number of hydrogen-bond acceptors (Lipinski definition) is 4. The second-order valence-electron chi connectivity index (χ2n) is 3.47. The number of sulfone groups is 1. The van der Waals surface area contributed by atoms with Crippen molar-refractivity contribution in [3.05, 3.63) is 48.5 Å². The normalized spacial score (nSPS) is 12.9. The molecule has 0 amide bonds. The fourth-order valence-corrected chi connectivity index (χ4v) is 2.51. The molecule has 0 aliphatic heterocycles. The first-order chi connectivity index (χ1) is 8.82. The van der Waals surface area contributed by atoms with Crippen molar-refractivity contribution in [2.24, 2.45) is 0 Å². The van der Waals surface area contributed by atoms with Gasteiger partial charge in [-0.15, -0.1) is 0 Å². The van der Waals surface area contributed by atoms with Crippen LogP contribution < -0.4 is 11.5 Å². The summed E-state index contributed by atoms with van der Waals surface area (Å²) < 4.78 is 39.7. The van der Waals surface area contributed by atoms with Gasteiger partial charge in [-0.2, -0.15) is 0 Å². The summed E-state index contributed by atoms with van der Waals surface area (Å²) in [6.07, 6.45) is 0. The molecule has 0 aromatic heterocycles. The highest BCUT2D eigenvalue weighted by Crippen LogP contribution is 2.22. The Labute approximate surface area is 103 Å². The molecule has 0 bridgehead atoms. The highest BCUT2D eigenvalue weighted by molar-refractivity contribution is 7.91. The molecule has 0 unspecified atom stereocenters. The van der Waals surface area contributed by atoms with Gasteiger partial charge in [-0.25, -0.2) is 8.42 Å². The summed E-state index contributed by atoms with van der Waals surface area (Å²) in [6, 6.07) is 7.64. The molecule has 2 aromatic carbocycles. The molecule has 0 saturated heterocycles. The molecule has 4 N–H and O–H groups in total. The highest BCUT2D eigenvalue weighted by atomic mass is 32.2. The Balaban J connectivity index is 2.60. The molecule has 2 aromatic rings. The number of rotatable bonds is 2. The maximum atomic E-state index is 12.3. The van der Waals surface area contributed by atoms with Crippen molar-refractivity contribution in [1.82, 2.24) is 0 Å². The predicted octanol–water partition coefficient (Wildman–Crippen LogP) is 1.68. The zero-order valence-electron chi connectivity index (χ0n) is 10.8. The molecule has 0 radical (unpaired) electrons. The summed E-state index contributed by atoms with van der Waals surface area (Å²) in [5.74, 6) is 0. The molecule has 0 saturated carbocycles. The van der Waals surface area contributed by atoms with E-state index in [-0.39, 0.29) is 27.6 Å². The fraction of sp³-hybridized carbons (Fsp3) is 0. The van der Waals surface area contributed by atoms with Crippen LogP contribution in [0.5, 0.6) is 0 Å². The van der Waals surface area contributed by atoms with E-state index in [2.05, 4.69) is 0 Å². The summed E-state index contributed by atoms with van der Waals surface area (Å²) in [4.78, 5) is -0.0632. The van der Waals surface area contributed by atoms with Gasteiger partial charge >= 0.3 is 0 Å². The molecule has 88 valence electrons. The van der Waals surface area contributed by atoms with E-state index in [0.29, 0.717) is 5.69 Å². The zero-order chi connectivity index (χ0) is 14.2. The smallest absolute Gasteiger partial charge is 0.206 e. The van der Waals surface area contributed by atoms with Crippen LogP contribution in [-0.2, 0) is 9.84 Å². The van der Waals surface area contributed by atoms with Crippen LogP contribution in [0.1, 0.15) is 2.74 Å². The molecule has 0 atom stereocenters. The average molecular weight is 250 g/mol. The molecule has 0 fully saturated rings. The van der Waals surface area contributed by atoms with E-state index in [4.69, 9.17) is 14.2 Å². The van der Waals surface area contributed by atoms with Gasteiger partial charge in [-0.3, -0.25) is 0 Å². The minimum absolute atomic E-state index is 0.0451. The Kier molecular flexibility index (Phi) is 2.19. The quantitative estimate of drug-likeness (QED) is 0.794. The molecule has 0 heterocycles. The molecule has 0 aliphatic carbocycles. The van der Waals surface area contributed by atoms with E-state index >= 15 is 0 Å². The van der Waals surface area contributed by atoms with Crippen LogP contribution in [0.4, 0.5) is 11.4 Å². The van der Waals surface area contributed by atoms with Crippen molar-refractivity contribution < 1.29 is 11.2 Å². The Morgan fingerprint density at radius 1 is 0.824 bits per heavy atom. The summed E-state index contributed by atoms with van der Waals surface area (Å²) in [7, 11) is -3.77. The third-order valence-corrected chi connectivity index (χ3v) is 3.99. The van der Waals surface area contributed by atoms with Crippen molar-refractivity contribution in [2.75, 3.05) is 11.5 Å². The van der Waals surface area contributed by atoms with Crippen molar-refractivity contribution >= 4 is 21.2 Å². The van der Waals surface area contributed by atoms with Crippen molar-refractivity contribution in [3.63, 3.8) is 0 Å². The van der Waals surface area contributed by atoms with Crippen LogP contribution in [0.25, 0.3) is 0 Å². The van der Waals surface area contributed by atoms with Gasteiger partial charge in [0.25, 0.3) is 0 Å². The first-order valence-corrected chi connectivity index (χ1v) is 6.28. The molecular formula is C12H12N2O2S. The van der Waals surface area contributed by atoms with E-state index in [1.807, 2.05) is 0 Å². The van der Waals surface area contributed by atoms with Crippen molar-refractivity contribution in [3.8, 4) is 0 Å². The lowest BCUT2D eigenvalue weighted by Gasteiger charge is -2.05. The number of hydrogen-bond donors (Lipinski definition) is 2. The SMILES string of the molecule is [2H]c1cc(S(=O)(=O)c2ccc(N)cc2)cc([2H])c1N. The molecule has 2 rings (SSSR count). The van der Waals surface area contributed by atoms with Gasteiger partial charge in [0.05, 0.1) is 12.5 Å². The first kappa shape index (κ1) is 9.07. The van der Waals surface area contributed by atoms with E-state index in [1.54, 1.807) is 0 Å². The van der Waals surface area contributed by atoms with E-state index < -0.39 is 9.84 Å². The van der Waals surface area contributed by atoms with Gasteiger partial charge < -0.3 is 11.5 Å². The van der Waals surface area contributed by atoms with Crippen molar-refractivity contribution in [1.29, 1.82) is 0 Å². The number of benzene rings is 2. The Bertz CT molecular complexity index is 705. The lowest BCUT2D eigenvalue weighted by atomic mass is 10.3. The van der Waals surface area contributed by atoms with Gasteiger partial charge in [-0.05, 0) is 48.5 Å². The molecule has 5 heteroatoms. The average Bonchev–Trinajstić information content (AvgIpc) is 2.35. The summed E-state index contributed by atoms with van der Waals surface area (Å²) in [5, 5.41) is 0. The van der Waals surface area contributed by atoms with Gasteiger partial charge in [0.15, 0.2) is 0 Å². The number of nitrogen functional groups attached to an aromatic ring is 2. The predicted molar refractivity (Wildman–Crippen MR) is 67.2 cm³/mol. The Hall–Kier alpha value is -2.01. The largest absolute Gasteiger partial charge is 0.399 e. The van der Waals surface area contributed by atoms with E-state index in [1.165, 1.54) is 24.3 Å². The number of anilines is 2. The van der Waals surface area contributed by atoms with Crippen LogP contribution in [0.2, 0.25) is 0 Å². The van der Waals surface area contributed by atoms with Gasteiger partial charge in [0.1, 0.15) is 0 Å². The first-order valence-electron chi connectivity index (χ1n) is 5.79. The Morgan fingerprint density at radius 2 is 1.29 bits per heavy atom. The maximum Gasteiger partial charge on any atom is 0.206 e. The van der Waals surface area contributed by atoms with Gasteiger partial charge in [0.2, 0.25) is 9.84 Å². The second-order valence-corrected chi connectivity index (χ2v) is 5.42. The minimum atomic E-state index is -3.77.